The number of carbonyl (C=O) groups excluding carboxylic acids is 1. The molecule has 0 amide bonds. The van der Waals surface area contributed by atoms with E-state index >= 15 is 0 Å². The molecule has 0 spiro atoms. The Kier molecular flexibility index (Phi) is 2.87. The maximum absolute atomic E-state index is 11.0. The minimum atomic E-state index is 0.416. The first-order valence-electron chi connectivity index (χ1n) is 4.07. The van der Waals surface area contributed by atoms with Gasteiger partial charge in [-0.25, -0.2) is 0 Å². The first-order valence-corrected chi connectivity index (χ1v) is 4.07. The molecule has 0 atom stereocenters. The zero-order valence-corrected chi connectivity index (χ0v) is 6.60. The fourth-order valence-corrected chi connectivity index (χ4v) is 1.34. The van der Waals surface area contributed by atoms with Gasteiger partial charge >= 0.3 is 0 Å². The Bertz CT molecular complexity index is 122. The molecule has 0 aliphatic carbocycles. The summed E-state index contributed by atoms with van der Waals surface area (Å²) in [7, 11) is 0. The van der Waals surface area contributed by atoms with Gasteiger partial charge in [-0.1, -0.05) is 6.92 Å². The highest BCUT2D eigenvalue weighted by Gasteiger charge is 2.12. The predicted octanol–water partition coefficient (Wildman–Crippen LogP) is 1.06. The number of likely N-dealkylation sites (tertiary alicyclic amines) is 1. The second-order valence-electron chi connectivity index (χ2n) is 2.86. The molecule has 2 nitrogen and oxygen atoms in total. The summed E-state index contributed by atoms with van der Waals surface area (Å²) < 4.78 is 0. The summed E-state index contributed by atoms with van der Waals surface area (Å²) in [5, 5.41) is 0. The summed E-state index contributed by atoms with van der Waals surface area (Å²) in [5.41, 5.74) is 0. The van der Waals surface area contributed by atoms with Crippen molar-refractivity contribution in [3.63, 3.8) is 0 Å². The normalized spacial score (nSPS) is 22.7. The van der Waals surface area contributed by atoms with Crippen molar-refractivity contribution >= 4 is 5.78 Å². The minimum Gasteiger partial charge on any atom is -0.298 e. The van der Waals surface area contributed by atoms with E-state index in [-0.39, 0.29) is 0 Å². The monoisotopic (exact) mass is 141 g/mol. The van der Waals surface area contributed by atoms with E-state index in [0.29, 0.717) is 12.3 Å². The lowest BCUT2D eigenvalue weighted by atomic mass is 10.2. The fraction of sp³-hybridized carbons (Fsp3) is 0.875. The van der Waals surface area contributed by atoms with Crippen molar-refractivity contribution in [1.82, 2.24) is 4.90 Å². The molecule has 0 aromatic rings. The molecule has 1 heterocycles. The molecule has 0 N–H and O–H groups in total. The van der Waals surface area contributed by atoms with E-state index in [1.54, 1.807) is 0 Å². The van der Waals surface area contributed by atoms with Crippen molar-refractivity contribution in [3.8, 4) is 0 Å². The highest BCUT2D eigenvalue weighted by atomic mass is 16.1. The van der Waals surface area contributed by atoms with Crippen LogP contribution in [0.2, 0.25) is 0 Å². The second kappa shape index (κ2) is 3.71. The van der Waals surface area contributed by atoms with Crippen LogP contribution in [0.1, 0.15) is 26.2 Å². The number of rotatable bonds is 1. The number of ketones is 1. The van der Waals surface area contributed by atoms with Crippen molar-refractivity contribution in [2.24, 2.45) is 0 Å². The number of likely N-dealkylation sites (N-methyl/N-ethyl adjacent to an activating group) is 1. The van der Waals surface area contributed by atoms with Gasteiger partial charge in [-0.2, -0.15) is 0 Å². The maximum Gasteiger partial charge on any atom is 0.146 e. The van der Waals surface area contributed by atoms with E-state index in [9.17, 15) is 4.79 Å². The van der Waals surface area contributed by atoms with Gasteiger partial charge in [0.05, 0.1) is 6.54 Å². The van der Waals surface area contributed by atoms with Gasteiger partial charge in [0.25, 0.3) is 0 Å². The summed E-state index contributed by atoms with van der Waals surface area (Å²) >= 11 is 0. The van der Waals surface area contributed by atoms with Crippen LogP contribution < -0.4 is 0 Å². The molecule has 10 heavy (non-hydrogen) atoms. The van der Waals surface area contributed by atoms with E-state index in [0.717, 1.165) is 25.9 Å². The Morgan fingerprint density at radius 1 is 1.50 bits per heavy atom. The highest BCUT2D eigenvalue weighted by molar-refractivity contribution is 5.80. The number of hydrogen-bond donors (Lipinski definition) is 0. The van der Waals surface area contributed by atoms with Crippen molar-refractivity contribution in [2.75, 3.05) is 19.6 Å². The molecule has 1 aliphatic heterocycles. The van der Waals surface area contributed by atoms with Crippen LogP contribution in [0, 0.1) is 0 Å². The van der Waals surface area contributed by atoms with E-state index < -0.39 is 0 Å². The summed E-state index contributed by atoms with van der Waals surface area (Å²) in [6.07, 6.45) is 3.09. The summed E-state index contributed by atoms with van der Waals surface area (Å²) in [6.45, 7) is 4.93. The molecule has 1 saturated heterocycles. The van der Waals surface area contributed by atoms with Gasteiger partial charge in [0, 0.05) is 6.42 Å². The van der Waals surface area contributed by atoms with Crippen LogP contribution in [0.3, 0.4) is 0 Å². The van der Waals surface area contributed by atoms with Crippen molar-refractivity contribution < 1.29 is 4.79 Å². The molecule has 1 aliphatic rings. The van der Waals surface area contributed by atoms with Crippen LogP contribution >= 0.6 is 0 Å². The summed E-state index contributed by atoms with van der Waals surface area (Å²) in [4.78, 5) is 13.2. The standard InChI is InChI=1S/C8H15NO/c1-2-9-6-4-3-5-8(10)7-9/h2-7H2,1H3. The van der Waals surface area contributed by atoms with Crippen LogP contribution in [0.25, 0.3) is 0 Å². The van der Waals surface area contributed by atoms with E-state index in [1.165, 1.54) is 6.42 Å². The fourth-order valence-electron chi connectivity index (χ4n) is 1.34. The predicted molar refractivity (Wildman–Crippen MR) is 41.0 cm³/mol. The van der Waals surface area contributed by atoms with Gasteiger partial charge < -0.3 is 0 Å². The molecular formula is C8H15NO. The average Bonchev–Trinajstić information content (AvgIpc) is 2.13. The molecule has 0 aromatic heterocycles. The van der Waals surface area contributed by atoms with Gasteiger partial charge in [-0.3, -0.25) is 9.69 Å². The van der Waals surface area contributed by atoms with Gasteiger partial charge in [0.15, 0.2) is 0 Å². The SMILES string of the molecule is CCN1CCCCC(=O)C1. The van der Waals surface area contributed by atoms with Gasteiger partial charge in [0.2, 0.25) is 0 Å². The zero-order chi connectivity index (χ0) is 7.40. The van der Waals surface area contributed by atoms with Crippen molar-refractivity contribution in [3.05, 3.63) is 0 Å². The van der Waals surface area contributed by atoms with Gasteiger partial charge in [-0.05, 0) is 25.9 Å². The van der Waals surface area contributed by atoms with Gasteiger partial charge in [0.1, 0.15) is 5.78 Å². The molecule has 0 radical (unpaired) electrons. The molecule has 0 saturated carbocycles. The van der Waals surface area contributed by atoms with E-state index in [1.807, 2.05) is 0 Å². The minimum absolute atomic E-state index is 0.416. The second-order valence-corrected chi connectivity index (χ2v) is 2.86. The first kappa shape index (κ1) is 7.73. The van der Waals surface area contributed by atoms with Crippen LogP contribution in [-0.4, -0.2) is 30.3 Å². The molecule has 1 rings (SSSR count). The topological polar surface area (TPSA) is 20.3 Å². The highest BCUT2D eigenvalue weighted by Crippen LogP contribution is 2.05. The molecule has 58 valence electrons. The third-order valence-electron chi connectivity index (χ3n) is 2.03. The lowest BCUT2D eigenvalue weighted by molar-refractivity contribution is -0.119. The molecule has 0 bridgehead atoms. The van der Waals surface area contributed by atoms with Crippen LogP contribution in [0.15, 0.2) is 0 Å². The Morgan fingerprint density at radius 3 is 3.00 bits per heavy atom. The summed E-state index contributed by atoms with van der Waals surface area (Å²) in [5.74, 6) is 0.416. The van der Waals surface area contributed by atoms with Crippen LogP contribution in [0.4, 0.5) is 0 Å². The van der Waals surface area contributed by atoms with Crippen LogP contribution in [0.5, 0.6) is 0 Å². The third-order valence-corrected chi connectivity index (χ3v) is 2.03. The lowest BCUT2D eigenvalue weighted by Crippen LogP contribution is -2.27. The van der Waals surface area contributed by atoms with Crippen LogP contribution in [-0.2, 0) is 4.79 Å². The Labute approximate surface area is 62.2 Å². The van der Waals surface area contributed by atoms with E-state index in [4.69, 9.17) is 0 Å². The number of carbonyl (C=O) groups is 1. The molecule has 0 aromatic carbocycles. The average molecular weight is 141 g/mol. The first-order chi connectivity index (χ1) is 4.83. The summed E-state index contributed by atoms with van der Waals surface area (Å²) in [6, 6.07) is 0. The largest absolute Gasteiger partial charge is 0.298 e. The smallest absolute Gasteiger partial charge is 0.146 e. The van der Waals surface area contributed by atoms with Crippen molar-refractivity contribution in [2.45, 2.75) is 26.2 Å². The molecular weight excluding hydrogens is 126 g/mol. The number of Topliss-reactive ketones (excluding diaryl/α,β-unsaturated/α-hetero) is 1. The molecule has 0 unspecified atom stereocenters. The maximum atomic E-state index is 11.0. The molecule has 2 heteroatoms. The number of nitrogens with zero attached hydrogens (tertiary/aromatic N) is 1. The Balaban J connectivity index is 2.38. The third kappa shape index (κ3) is 2.10. The van der Waals surface area contributed by atoms with E-state index in [2.05, 4.69) is 11.8 Å². The number of hydrogen-bond acceptors (Lipinski definition) is 2. The lowest BCUT2D eigenvalue weighted by Gasteiger charge is -2.15. The van der Waals surface area contributed by atoms with Crippen molar-refractivity contribution in [1.29, 1.82) is 0 Å². The Morgan fingerprint density at radius 2 is 2.30 bits per heavy atom. The zero-order valence-electron chi connectivity index (χ0n) is 6.60. The van der Waals surface area contributed by atoms with Gasteiger partial charge in [-0.15, -0.1) is 0 Å². The molecule has 1 fully saturated rings. The Hall–Kier alpha value is -0.370. The quantitative estimate of drug-likeness (QED) is 0.544.